The number of rotatable bonds is 3. The molecular weight excluding hydrogens is 467 g/mol. The number of hydrogen-bond acceptors (Lipinski definition) is 6. The molecule has 0 amide bonds. The van der Waals surface area contributed by atoms with E-state index in [2.05, 4.69) is 25.1 Å². The predicted octanol–water partition coefficient (Wildman–Crippen LogP) is 4.28. The van der Waals surface area contributed by atoms with Gasteiger partial charge < -0.3 is 4.90 Å². The second kappa shape index (κ2) is 7.64. The van der Waals surface area contributed by atoms with E-state index in [-0.39, 0.29) is 24.4 Å². The third-order valence-corrected chi connectivity index (χ3v) is 7.37. The minimum atomic E-state index is -4.30. The molecule has 3 aromatic rings. The van der Waals surface area contributed by atoms with E-state index in [9.17, 15) is 13.2 Å². The maximum atomic E-state index is 13.2. The highest BCUT2D eigenvalue weighted by Gasteiger charge is 2.54. The highest BCUT2D eigenvalue weighted by Crippen LogP contribution is 2.56. The maximum Gasteiger partial charge on any atom is 0.401 e. The number of benzene rings is 1. The van der Waals surface area contributed by atoms with Crippen molar-refractivity contribution in [2.24, 2.45) is 5.41 Å². The third-order valence-electron chi connectivity index (χ3n) is 7.13. The van der Waals surface area contributed by atoms with Crippen LogP contribution in [-0.2, 0) is 13.1 Å². The summed E-state index contributed by atoms with van der Waals surface area (Å²) in [5.41, 5.74) is 2.71. The molecule has 0 unspecified atom stereocenters. The molecule has 11 heteroatoms. The smallest absolute Gasteiger partial charge is 0.354 e. The first-order chi connectivity index (χ1) is 16.2. The van der Waals surface area contributed by atoms with Gasteiger partial charge in [0.1, 0.15) is 11.6 Å². The lowest BCUT2D eigenvalue weighted by Gasteiger charge is -2.59. The Bertz CT molecular complexity index is 1240. The van der Waals surface area contributed by atoms with Crippen LogP contribution in [0.4, 0.5) is 19.0 Å². The average Bonchev–Trinajstić information content (AvgIpc) is 3.02. The van der Waals surface area contributed by atoms with E-state index < -0.39 is 12.7 Å². The van der Waals surface area contributed by atoms with E-state index in [1.165, 1.54) is 4.90 Å². The Morgan fingerprint density at radius 1 is 1.09 bits per heavy atom. The highest BCUT2D eigenvalue weighted by molar-refractivity contribution is 6.30. The fraction of sp³-hybridized carbons (Fsp3) is 0.478. The van der Waals surface area contributed by atoms with E-state index in [0.29, 0.717) is 10.8 Å². The van der Waals surface area contributed by atoms with E-state index in [1.54, 1.807) is 24.5 Å². The fourth-order valence-electron chi connectivity index (χ4n) is 5.77. The van der Waals surface area contributed by atoms with Crippen LogP contribution in [0.1, 0.15) is 41.7 Å². The van der Waals surface area contributed by atoms with E-state index in [4.69, 9.17) is 11.6 Å². The Balaban J connectivity index is 1.25. The lowest BCUT2D eigenvalue weighted by Crippen LogP contribution is -2.62. The summed E-state index contributed by atoms with van der Waals surface area (Å²) in [7, 11) is 0. The van der Waals surface area contributed by atoms with Crippen molar-refractivity contribution < 1.29 is 13.2 Å². The SMILES string of the molecule is Cc1nccnc1N1CC2(CC(c3nnc4n3-c3ccc(Cl)cc3CN(CC(F)(F)F)C4)C2)C1. The molecule has 7 nitrogen and oxygen atoms in total. The van der Waals surface area contributed by atoms with Gasteiger partial charge in [-0.2, -0.15) is 13.2 Å². The van der Waals surface area contributed by atoms with Gasteiger partial charge in [-0.3, -0.25) is 14.5 Å². The molecule has 2 fully saturated rings. The Morgan fingerprint density at radius 2 is 1.85 bits per heavy atom. The molecule has 1 spiro atoms. The van der Waals surface area contributed by atoms with Crippen LogP contribution in [0.25, 0.3) is 5.69 Å². The zero-order valence-electron chi connectivity index (χ0n) is 18.6. The van der Waals surface area contributed by atoms with Gasteiger partial charge in [0.05, 0.1) is 24.5 Å². The molecule has 6 rings (SSSR count). The van der Waals surface area contributed by atoms with Crippen LogP contribution in [0.5, 0.6) is 0 Å². The molecule has 2 aliphatic heterocycles. The number of aromatic nitrogens is 5. The van der Waals surface area contributed by atoms with Gasteiger partial charge in [-0.05, 0) is 43.5 Å². The largest absolute Gasteiger partial charge is 0.401 e. The van der Waals surface area contributed by atoms with Gasteiger partial charge in [0.2, 0.25) is 0 Å². The summed E-state index contributed by atoms with van der Waals surface area (Å²) in [5.74, 6) is 2.51. The molecule has 1 aliphatic carbocycles. The number of hydrogen-bond donors (Lipinski definition) is 0. The summed E-state index contributed by atoms with van der Waals surface area (Å²) in [6.07, 6.45) is 1.06. The number of anilines is 1. The van der Waals surface area contributed by atoms with E-state index >= 15 is 0 Å². The standard InChI is InChI=1S/C23H23ClF3N7/c1-14-20(29-5-4-28-14)33-11-22(12-33)7-16(8-22)21-31-30-19-10-32(13-23(25,26)27)9-15-6-17(24)2-3-18(15)34(19)21/h2-6,16H,7-13H2,1H3. The molecule has 1 saturated carbocycles. The molecular formula is C23H23ClF3N7. The van der Waals surface area contributed by atoms with Crippen LogP contribution in [0.15, 0.2) is 30.6 Å². The molecule has 3 aliphatic rings. The molecule has 0 atom stereocenters. The van der Waals surface area contributed by atoms with Crippen molar-refractivity contribution in [3.05, 3.63) is 58.5 Å². The minimum Gasteiger partial charge on any atom is -0.354 e. The molecule has 2 aromatic heterocycles. The second-order valence-electron chi connectivity index (χ2n) is 9.77. The van der Waals surface area contributed by atoms with Crippen LogP contribution in [-0.4, -0.2) is 55.4 Å². The Labute approximate surface area is 199 Å². The van der Waals surface area contributed by atoms with Crippen molar-refractivity contribution in [2.75, 3.05) is 24.5 Å². The van der Waals surface area contributed by atoms with Crippen LogP contribution >= 0.6 is 11.6 Å². The van der Waals surface area contributed by atoms with Crippen molar-refractivity contribution in [3.8, 4) is 5.69 Å². The van der Waals surface area contributed by atoms with Gasteiger partial charge in [-0.1, -0.05) is 11.6 Å². The second-order valence-corrected chi connectivity index (χ2v) is 10.2. The number of halogens is 4. The molecule has 1 aromatic carbocycles. The summed E-state index contributed by atoms with van der Waals surface area (Å²) in [5, 5.41) is 9.29. The average molecular weight is 490 g/mol. The normalized spacial score (nSPS) is 19.9. The Kier molecular flexibility index (Phi) is 4.90. The topological polar surface area (TPSA) is 63.0 Å². The molecule has 0 N–H and O–H groups in total. The van der Waals surface area contributed by atoms with Gasteiger partial charge in [0, 0.05) is 48.4 Å². The lowest BCUT2D eigenvalue weighted by atomic mass is 9.57. The first-order valence-electron chi connectivity index (χ1n) is 11.2. The molecule has 0 radical (unpaired) electrons. The van der Waals surface area contributed by atoms with Crippen LogP contribution in [0, 0.1) is 12.3 Å². The Hall–Kier alpha value is -2.72. The van der Waals surface area contributed by atoms with Gasteiger partial charge >= 0.3 is 6.18 Å². The van der Waals surface area contributed by atoms with Crippen molar-refractivity contribution >= 4 is 17.4 Å². The first kappa shape index (κ1) is 21.8. The maximum absolute atomic E-state index is 13.2. The number of alkyl halides is 3. The highest BCUT2D eigenvalue weighted by atomic mass is 35.5. The monoisotopic (exact) mass is 489 g/mol. The van der Waals surface area contributed by atoms with Crippen molar-refractivity contribution in [2.45, 2.75) is 44.9 Å². The van der Waals surface area contributed by atoms with Gasteiger partial charge in [-0.25, -0.2) is 4.98 Å². The van der Waals surface area contributed by atoms with Gasteiger partial charge in [-0.15, -0.1) is 10.2 Å². The van der Waals surface area contributed by atoms with Crippen molar-refractivity contribution in [3.63, 3.8) is 0 Å². The molecule has 0 bridgehead atoms. The Morgan fingerprint density at radius 3 is 2.59 bits per heavy atom. The number of fused-ring (bicyclic) bond motifs is 3. The number of aryl methyl sites for hydroxylation is 1. The summed E-state index contributed by atoms with van der Waals surface area (Å²) >= 11 is 6.20. The summed E-state index contributed by atoms with van der Waals surface area (Å²) in [4.78, 5) is 12.4. The van der Waals surface area contributed by atoms with Gasteiger partial charge in [0.25, 0.3) is 0 Å². The summed E-state index contributed by atoms with van der Waals surface area (Å²) in [6.45, 7) is 3.04. The molecule has 4 heterocycles. The van der Waals surface area contributed by atoms with Crippen LogP contribution < -0.4 is 4.90 Å². The lowest BCUT2D eigenvalue weighted by molar-refractivity contribution is -0.148. The molecule has 178 valence electrons. The predicted molar refractivity (Wildman–Crippen MR) is 120 cm³/mol. The summed E-state index contributed by atoms with van der Waals surface area (Å²) < 4.78 is 41.5. The van der Waals surface area contributed by atoms with Crippen LogP contribution in [0.2, 0.25) is 5.02 Å². The first-order valence-corrected chi connectivity index (χ1v) is 11.6. The minimum absolute atomic E-state index is 0.0798. The zero-order chi connectivity index (χ0) is 23.7. The quantitative estimate of drug-likeness (QED) is 0.547. The van der Waals surface area contributed by atoms with Gasteiger partial charge in [0.15, 0.2) is 5.82 Å². The van der Waals surface area contributed by atoms with Crippen molar-refractivity contribution in [1.82, 2.24) is 29.6 Å². The zero-order valence-corrected chi connectivity index (χ0v) is 19.3. The molecule has 34 heavy (non-hydrogen) atoms. The van der Waals surface area contributed by atoms with E-state index in [1.807, 2.05) is 17.6 Å². The van der Waals surface area contributed by atoms with Crippen LogP contribution in [0.3, 0.4) is 0 Å². The van der Waals surface area contributed by atoms with E-state index in [0.717, 1.165) is 54.5 Å². The molecule has 1 saturated heterocycles. The fourth-order valence-corrected chi connectivity index (χ4v) is 5.97. The van der Waals surface area contributed by atoms with Crippen molar-refractivity contribution in [1.29, 1.82) is 0 Å². The summed E-state index contributed by atoms with van der Waals surface area (Å²) in [6, 6.07) is 5.37. The third kappa shape index (κ3) is 3.73. The number of nitrogens with zero attached hydrogens (tertiary/aromatic N) is 7.